The van der Waals surface area contributed by atoms with Crippen LogP contribution in [-0.2, 0) is 4.74 Å². The lowest BCUT2D eigenvalue weighted by atomic mass is 10.0. The van der Waals surface area contributed by atoms with Gasteiger partial charge in [0.1, 0.15) is 5.75 Å². The Kier molecular flexibility index (Phi) is 5.59. The predicted octanol–water partition coefficient (Wildman–Crippen LogP) is 2.74. The van der Waals surface area contributed by atoms with Gasteiger partial charge in [0.25, 0.3) is 0 Å². The monoisotopic (exact) mass is 397 g/mol. The minimum absolute atomic E-state index is 0.0224. The van der Waals surface area contributed by atoms with Crippen molar-refractivity contribution in [3.05, 3.63) is 64.3 Å². The largest absolute Gasteiger partial charge is 0.497 e. The molecule has 1 fully saturated rings. The number of nitrogens with one attached hydrogen (secondary N) is 1. The number of imidazole rings is 1. The molecular weight excluding hydrogens is 374 g/mol. The molecule has 1 aliphatic heterocycles. The van der Waals surface area contributed by atoms with Crippen LogP contribution in [0.1, 0.15) is 11.6 Å². The number of hydrogen-bond acceptors (Lipinski definition) is 7. The third-order valence-electron chi connectivity index (χ3n) is 5.13. The topological polar surface area (TPSA) is 94.2 Å². The van der Waals surface area contributed by atoms with E-state index < -0.39 is 4.92 Å². The maximum atomic E-state index is 11.6. The van der Waals surface area contributed by atoms with Crippen molar-refractivity contribution in [2.24, 2.45) is 0 Å². The molecule has 9 heteroatoms. The summed E-state index contributed by atoms with van der Waals surface area (Å²) in [6.45, 7) is 3.41. The van der Waals surface area contributed by atoms with Crippen molar-refractivity contribution in [2.45, 2.75) is 6.04 Å². The van der Waals surface area contributed by atoms with Crippen LogP contribution in [0.3, 0.4) is 0 Å². The van der Waals surface area contributed by atoms with Gasteiger partial charge in [-0.15, -0.1) is 0 Å². The first-order chi connectivity index (χ1) is 14.2. The summed E-state index contributed by atoms with van der Waals surface area (Å²) in [7, 11) is 1.64. The van der Waals surface area contributed by atoms with Crippen molar-refractivity contribution in [1.29, 1.82) is 0 Å². The third kappa shape index (κ3) is 4.01. The average molecular weight is 397 g/mol. The van der Waals surface area contributed by atoms with E-state index in [-0.39, 0.29) is 17.7 Å². The molecule has 9 nitrogen and oxygen atoms in total. The molecule has 1 unspecified atom stereocenters. The third-order valence-corrected chi connectivity index (χ3v) is 5.13. The summed E-state index contributed by atoms with van der Waals surface area (Å²) in [5.74, 6) is 1.00. The SMILES string of the molecule is COc1ccc(C(CNc2nc3ccccn3c2[N+](=O)[O-])N2CCOCC2)cc1. The first-order valence-corrected chi connectivity index (χ1v) is 9.48. The van der Waals surface area contributed by atoms with Crippen molar-refractivity contribution in [2.75, 3.05) is 45.3 Å². The van der Waals surface area contributed by atoms with Gasteiger partial charge >= 0.3 is 5.82 Å². The number of methoxy groups -OCH3 is 1. The Labute approximate surface area is 168 Å². The molecule has 3 heterocycles. The second kappa shape index (κ2) is 8.46. The van der Waals surface area contributed by atoms with Crippen molar-refractivity contribution >= 4 is 17.3 Å². The number of ether oxygens (including phenoxy) is 2. The van der Waals surface area contributed by atoms with Crippen LogP contribution >= 0.6 is 0 Å². The molecule has 1 saturated heterocycles. The molecule has 0 radical (unpaired) electrons. The van der Waals surface area contributed by atoms with E-state index in [2.05, 4.69) is 15.2 Å². The molecule has 0 aliphatic carbocycles. The molecule has 0 spiro atoms. The number of fused-ring (bicyclic) bond motifs is 1. The molecule has 0 bridgehead atoms. The van der Waals surface area contributed by atoms with Crippen molar-refractivity contribution in [3.8, 4) is 5.75 Å². The molecule has 4 rings (SSSR count). The Morgan fingerprint density at radius 2 is 2.00 bits per heavy atom. The minimum atomic E-state index is -0.403. The highest BCUT2D eigenvalue weighted by Crippen LogP contribution is 2.28. The van der Waals surface area contributed by atoms with E-state index in [4.69, 9.17) is 9.47 Å². The lowest BCUT2D eigenvalue weighted by Gasteiger charge is -2.35. The zero-order valence-electron chi connectivity index (χ0n) is 16.2. The maximum absolute atomic E-state index is 11.6. The van der Waals surface area contributed by atoms with E-state index in [1.807, 2.05) is 30.3 Å². The molecule has 1 aliphatic rings. The van der Waals surface area contributed by atoms with Crippen LogP contribution in [0.25, 0.3) is 5.65 Å². The number of pyridine rings is 1. The summed E-state index contributed by atoms with van der Waals surface area (Å²) in [5.41, 5.74) is 1.64. The summed E-state index contributed by atoms with van der Waals surface area (Å²) >= 11 is 0. The summed E-state index contributed by atoms with van der Waals surface area (Å²) in [6.07, 6.45) is 1.65. The van der Waals surface area contributed by atoms with Crippen LogP contribution in [0.2, 0.25) is 0 Å². The lowest BCUT2D eigenvalue weighted by molar-refractivity contribution is -0.389. The van der Waals surface area contributed by atoms with Crippen LogP contribution in [-0.4, -0.2) is 59.2 Å². The molecule has 0 amide bonds. The second-order valence-corrected chi connectivity index (χ2v) is 6.79. The van der Waals surface area contributed by atoms with Gasteiger partial charge in [-0.25, -0.2) is 0 Å². The fourth-order valence-corrected chi connectivity index (χ4v) is 3.64. The predicted molar refractivity (Wildman–Crippen MR) is 108 cm³/mol. The van der Waals surface area contributed by atoms with Gasteiger partial charge in [0.15, 0.2) is 0 Å². The van der Waals surface area contributed by atoms with Gasteiger partial charge in [0, 0.05) is 25.7 Å². The second-order valence-electron chi connectivity index (χ2n) is 6.79. The average Bonchev–Trinajstić information content (AvgIpc) is 3.14. The van der Waals surface area contributed by atoms with Crippen LogP contribution < -0.4 is 10.1 Å². The molecule has 29 heavy (non-hydrogen) atoms. The van der Waals surface area contributed by atoms with Crippen molar-refractivity contribution in [3.63, 3.8) is 0 Å². The summed E-state index contributed by atoms with van der Waals surface area (Å²) in [5, 5.41) is 14.9. The zero-order chi connectivity index (χ0) is 20.2. The van der Waals surface area contributed by atoms with E-state index in [9.17, 15) is 10.1 Å². The van der Waals surface area contributed by atoms with Gasteiger partial charge in [-0.05, 0) is 28.7 Å². The Morgan fingerprint density at radius 1 is 1.24 bits per heavy atom. The van der Waals surface area contributed by atoms with Crippen LogP contribution in [0.15, 0.2) is 48.7 Å². The van der Waals surface area contributed by atoms with Crippen LogP contribution in [0.5, 0.6) is 5.75 Å². The smallest absolute Gasteiger partial charge is 0.372 e. The van der Waals surface area contributed by atoms with Crippen LogP contribution in [0, 0.1) is 10.1 Å². The highest BCUT2D eigenvalue weighted by atomic mass is 16.6. The van der Waals surface area contributed by atoms with E-state index in [1.54, 1.807) is 25.4 Å². The highest BCUT2D eigenvalue weighted by Gasteiger charge is 2.26. The minimum Gasteiger partial charge on any atom is -0.497 e. The molecule has 0 saturated carbocycles. The number of nitro groups is 1. The Morgan fingerprint density at radius 3 is 2.69 bits per heavy atom. The molecule has 3 aromatic rings. The van der Waals surface area contributed by atoms with E-state index in [1.165, 1.54) is 4.40 Å². The van der Waals surface area contributed by atoms with Gasteiger partial charge in [-0.2, -0.15) is 9.38 Å². The number of rotatable bonds is 7. The molecule has 1 atom stereocenters. The standard InChI is InChI=1S/C20H23N5O4/c1-28-16-7-5-15(6-8-16)17(23-10-12-29-13-11-23)14-21-19-20(25(26)27)24-9-3-2-4-18(24)22-19/h2-9,17,21H,10-14H2,1H3. The molecular formula is C20H23N5O4. The van der Waals surface area contributed by atoms with Gasteiger partial charge in [0.2, 0.25) is 11.5 Å². The fourth-order valence-electron chi connectivity index (χ4n) is 3.64. The lowest BCUT2D eigenvalue weighted by Crippen LogP contribution is -2.41. The molecule has 2 aromatic heterocycles. The van der Waals surface area contributed by atoms with E-state index in [0.717, 1.165) is 24.4 Å². The van der Waals surface area contributed by atoms with Gasteiger partial charge < -0.3 is 24.9 Å². The highest BCUT2D eigenvalue weighted by molar-refractivity contribution is 5.62. The first-order valence-electron chi connectivity index (χ1n) is 9.48. The van der Waals surface area contributed by atoms with Crippen molar-refractivity contribution < 1.29 is 14.4 Å². The Balaban J connectivity index is 1.61. The van der Waals surface area contributed by atoms with E-state index in [0.29, 0.717) is 25.4 Å². The molecule has 1 N–H and O–H groups in total. The Hall–Kier alpha value is -3.17. The zero-order valence-corrected chi connectivity index (χ0v) is 16.2. The quantitative estimate of drug-likeness (QED) is 0.484. The fraction of sp³-hybridized carbons (Fsp3) is 0.350. The van der Waals surface area contributed by atoms with Gasteiger partial charge in [0.05, 0.1) is 32.6 Å². The summed E-state index contributed by atoms with van der Waals surface area (Å²) < 4.78 is 12.2. The number of benzene rings is 1. The van der Waals surface area contributed by atoms with Crippen molar-refractivity contribution in [1.82, 2.24) is 14.3 Å². The number of aromatic nitrogens is 2. The summed E-state index contributed by atoms with van der Waals surface area (Å²) in [6, 6.07) is 13.2. The van der Waals surface area contributed by atoms with Gasteiger partial charge in [-0.1, -0.05) is 18.2 Å². The number of anilines is 1. The number of hydrogen-bond donors (Lipinski definition) is 1. The van der Waals surface area contributed by atoms with E-state index >= 15 is 0 Å². The number of morpholine rings is 1. The van der Waals surface area contributed by atoms with Crippen LogP contribution in [0.4, 0.5) is 11.6 Å². The Bertz CT molecular complexity index is 982. The molecule has 152 valence electrons. The maximum Gasteiger partial charge on any atom is 0.372 e. The normalized spacial score (nSPS) is 15.9. The number of nitrogens with zero attached hydrogens (tertiary/aromatic N) is 4. The first kappa shape index (κ1) is 19.2. The molecule has 1 aromatic carbocycles. The summed E-state index contributed by atoms with van der Waals surface area (Å²) in [4.78, 5) is 18.0. The van der Waals surface area contributed by atoms with Gasteiger partial charge in [-0.3, -0.25) is 4.90 Å².